The maximum atomic E-state index is 12.2. The van der Waals surface area contributed by atoms with E-state index in [0.717, 1.165) is 16.3 Å². The summed E-state index contributed by atoms with van der Waals surface area (Å²) in [4.78, 5) is 12.2. The van der Waals surface area contributed by atoms with E-state index in [9.17, 15) is 4.79 Å². The van der Waals surface area contributed by atoms with Crippen molar-refractivity contribution in [1.82, 2.24) is 5.32 Å². The second kappa shape index (κ2) is 7.90. The van der Waals surface area contributed by atoms with Gasteiger partial charge in [-0.3, -0.25) is 4.79 Å². The van der Waals surface area contributed by atoms with Crippen LogP contribution in [0, 0.1) is 11.3 Å². The predicted molar refractivity (Wildman–Crippen MR) is 102 cm³/mol. The number of nitrogens with zero attached hydrogens (tertiary/aromatic N) is 1. The van der Waals surface area contributed by atoms with Gasteiger partial charge in [0.05, 0.1) is 22.7 Å². The van der Waals surface area contributed by atoms with E-state index >= 15 is 0 Å². The predicted octanol–water partition coefficient (Wildman–Crippen LogP) is 4.62. The highest BCUT2D eigenvalue weighted by molar-refractivity contribution is 6.32. The number of fused-ring (bicyclic) bond motifs is 1. The number of carbonyl (C=O) groups excluding carboxylic acids is 1. The lowest BCUT2D eigenvalue weighted by Crippen LogP contribution is -2.31. The SMILES string of the molecule is C[C@H](NC(=O)COc1ccc(C#N)cc1Cl)c1ccc2ccccc2c1. The third-order valence-corrected chi connectivity index (χ3v) is 4.37. The molecule has 0 radical (unpaired) electrons. The molecule has 3 aromatic carbocycles. The van der Waals surface area contributed by atoms with Gasteiger partial charge in [-0.25, -0.2) is 0 Å². The molecule has 0 unspecified atom stereocenters. The molecule has 0 aliphatic rings. The molecule has 130 valence electrons. The van der Waals surface area contributed by atoms with Gasteiger partial charge in [0.2, 0.25) is 0 Å². The topological polar surface area (TPSA) is 62.1 Å². The van der Waals surface area contributed by atoms with E-state index in [4.69, 9.17) is 21.6 Å². The Labute approximate surface area is 157 Å². The lowest BCUT2D eigenvalue weighted by atomic mass is 10.0. The van der Waals surface area contributed by atoms with Gasteiger partial charge in [-0.2, -0.15) is 5.26 Å². The third-order valence-electron chi connectivity index (χ3n) is 4.07. The van der Waals surface area contributed by atoms with Gasteiger partial charge in [0.1, 0.15) is 5.75 Å². The molecule has 3 aromatic rings. The number of nitriles is 1. The molecule has 4 nitrogen and oxygen atoms in total. The van der Waals surface area contributed by atoms with Crippen molar-refractivity contribution < 1.29 is 9.53 Å². The second-order valence-electron chi connectivity index (χ2n) is 5.94. The number of carbonyl (C=O) groups is 1. The number of benzene rings is 3. The summed E-state index contributed by atoms with van der Waals surface area (Å²) >= 11 is 6.04. The Morgan fingerprint density at radius 3 is 2.65 bits per heavy atom. The van der Waals surface area contributed by atoms with E-state index in [1.54, 1.807) is 12.1 Å². The summed E-state index contributed by atoms with van der Waals surface area (Å²) in [6.45, 7) is 1.78. The zero-order chi connectivity index (χ0) is 18.5. The molecule has 0 aromatic heterocycles. The highest BCUT2D eigenvalue weighted by atomic mass is 35.5. The van der Waals surface area contributed by atoms with Crippen molar-refractivity contribution in [1.29, 1.82) is 5.26 Å². The molecule has 5 heteroatoms. The first-order valence-corrected chi connectivity index (χ1v) is 8.55. The Bertz CT molecular complexity index is 995. The first-order chi connectivity index (χ1) is 12.6. The Morgan fingerprint density at radius 1 is 1.15 bits per heavy atom. The van der Waals surface area contributed by atoms with Crippen LogP contribution in [0.15, 0.2) is 60.7 Å². The van der Waals surface area contributed by atoms with Crippen LogP contribution in [0.1, 0.15) is 24.1 Å². The van der Waals surface area contributed by atoms with Crippen molar-refractivity contribution in [2.75, 3.05) is 6.61 Å². The van der Waals surface area contributed by atoms with E-state index in [1.165, 1.54) is 6.07 Å². The molecule has 0 aliphatic heterocycles. The number of amides is 1. The van der Waals surface area contributed by atoms with Gasteiger partial charge in [-0.15, -0.1) is 0 Å². The summed E-state index contributed by atoms with van der Waals surface area (Å²) in [5, 5.41) is 14.3. The highest BCUT2D eigenvalue weighted by Gasteiger charge is 2.12. The van der Waals surface area contributed by atoms with E-state index in [1.807, 2.05) is 43.3 Å². The minimum atomic E-state index is -0.244. The van der Waals surface area contributed by atoms with Gasteiger partial charge in [0.15, 0.2) is 6.61 Å². The van der Waals surface area contributed by atoms with Gasteiger partial charge >= 0.3 is 0 Å². The van der Waals surface area contributed by atoms with Crippen LogP contribution in [0.3, 0.4) is 0 Å². The molecule has 1 N–H and O–H groups in total. The van der Waals surface area contributed by atoms with Gasteiger partial charge in [0.25, 0.3) is 5.91 Å². The maximum Gasteiger partial charge on any atom is 0.258 e. The molecule has 0 heterocycles. The van der Waals surface area contributed by atoms with Crippen molar-refractivity contribution in [3.8, 4) is 11.8 Å². The average Bonchev–Trinajstić information content (AvgIpc) is 2.66. The summed E-state index contributed by atoms with van der Waals surface area (Å²) in [6.07, 6.45) is 0. The Morgan fingerprint density at radius 2 is 1.92 bits per heavy atom. The number of rotatable bonds is 5. The van der Waals surface area contributed by atoms with Crippen LogP contribution in [0.5, 0.6) is 5.75 Å². The molecule has 0 bridgehead atoms. The standard InChI is InChI=1S/C21H17ClN2O2/c1-14(17-8-7-16-4-2-3-5-18(16)11-17)24-21(25)13-26-20-9-6-15(12-23)10-19(20)22/h2-11,14H,13H2,1H3,(H,24,25)/t14-/m0/s1. The normalized spacial score (nSPS) is 11.6. The minimum absolute atomic E-state index is 0.146. The van der Waals surface area contributed by atoms with Gasteiger partial charge < -0.3 is 10.1 Å². The molecule has 0 saturated carbocycles. The average molecular weight is 365 g/mol. The molecular formula is C21H17ClN2O2. The van der Waals surface area contributed by atoms with Crippen LogP contribution in [0.2, 0.25) is 5.02 Å². The zero-order valence-corrected chi connectivity index (χ0v) is 15.0. The molecule has 0 spiro atoms. The number of ether oxygens (including phenoxy) is 1. The van der Waals surface area contributed by atoms with E-state index in [0.29, 0.717) is 16.3 Å². The fourth-order valence-electron chi connectivity index (χ4n) is 2.67. The molecule has 0 aliphatic carbocycles. The largest absolute Gasteiger partial charge is 0.482 e. The van der Waals surface area contributed by atoms with Crippen molar-refractivity contribution in [2.24, 2.45) is 0 Å². The third kappa shape index (κ3) is 4.14. The molecule has 0 saturated heterocycles. The summed E-state index contributed by atoms with van der Waals surface area (Å²) in [5.41, 5.74) is 1.46. The zero-order valence-electron chi connectivity index (χ0n) is 14.2. The quantitative estimate of drug-likeness (QED) is 0.718. The highest BCUT2D eigenvalue weighted by Crippen LogP contribution is 2.25. The number of hydrogen-bond donors (Lipinski definition) is 1. The van der Waals surface area contributed by atoms with Gasteiger partial charge in [-0.1, -0.05) is 48.0 Å². The van der Waals surface area contributed by atoms with Crippen LogP contribution in [0.25, 0.3) is 10.8 Å². The smallest absolute Gasteiger partial charge is 0.258 e. The summed E-state index contributed by atoms with van der Waals surface area (Å²) in [5.74, 6) is 0.130. The van der Waals surface area contributed by atoms with Crippen molar-refractivity contribution in [3.05, 3.63) is 76.8 Å². The fourth-order valence-corrected chi connectivity index (χ4v) is 2.91. The first kappa shape index (κ1) is 17.8. The number of halogens is 1. The molecule has 0 fully saturated rings. The lowest BCUT2D eigenvalue weighted by molar-refractivity contribution is -0.123. The van der Waals surface area contributed by atoms with Crippen LogP contribution in [0.4, 0.5) is 0 Å². The van der Waals surface area contributed by atoms with Gasteiger partial charge in [0, 0.05) is 0 Å². The van der Waals surface area contributed by atoms with E-state index in [-0.39, 0.29) is 18.6 Å². The maximum absolute atomic E-state index is 12.2. The van der Waals surface area contributed by atoms with Crippen molar-refractivity contribution in [3.63, 3.8) is 0 Å². The van der Waals surface area contributed by atoms with Crippen LogP contribution >= 0.6 is 11.6 Å². The molecule has 1 atom stereocenters. The monoisotopic (exact) mass is 364 g/mol. The van der Waals surface area contributed by atoms with Gasteiger partial charge in [-0.05, 0) is 47.5 Å². The molecule has 3 rings (SSSR count). The van der Waals surface area contributed by atoms with Crippen molar-refractivity contribution >= 4 is 28.3 Å². The number of hydrogen-bond acceptors (Lipinski definition) is 3. The minimum Gasteiger partial charge on any atom is -0.482 e. The van der Waals surface area contributed by atoms with E-state index < -0.39 is 0 Å². The fraction of sp³-hybridized carbons (Fsp3) is 0.143. The van der Waals surface area contributed by atoms with Crippen LogP contribution in [-0.4, -0.2) is 12.5 Å². The Hall–Kier alpha value is -3.03. The number of nitrogens with one attached hydrogen (secondary N) is 1. The summed E-state index contributed by atoms with van der Waals surface area (Å²) < 4.78 is 5.45. The first-order valence-electron chi connectivity index (χ1n) is 8.17. The lowest BCUT2D eigenvalue weighted by Gasteiger charge is -2.16. The van der Waals surface area contributed by atoms with Crippen LogP contribution < -0.4 is 10.1 Å². The Balaban J connectivity index is 1.61. The molecule has 1 amide bonds. The van der Waals surface area contributed by atoms with E-state index in [2.05, 4.69) is 17.4 Å². The Kier molecular flexibility index (Phi) is 5.40. The van der Waals surface area contributed by atoms with Crippen molar-refractivity contribution in [2.45, 2.75) is 13.0 Å². The summed E-state index contributed by atoms with van der Waals surface area (Å²) in [7, 11) is 0. The van der Waals surface area contributed by atoms with Crippen LogP contribution in [-0.2, 0) is 4.79 Å². The second-order valence-corrected chi connectivity index (χ2v) is 6.35. The summed E-state index contributed by atoms with van der Waals surface area (Å²) in [6, 6.07) is 20.7. The molecular weight excluding hydrogens is 348 g/mol. The molecule has 26 heavy (non-hydrogen) atoms.